The molecule has 0 amide bonds. The van der Waals surface area contributed by atoms with Gasteiger partial charge in [-0.2, -0.15) is 0 Å². The first kappa shape index (κ1) is 18.8. The number of halogens is 3. The molecule has 0 saturated heterocycles. The summed E-state index contributed by atoms with van der Waals surface area (Å²) in [5.74, 6) is -1.76. The Morgan fingerprint density at radius 3 is 2.38 bits per heavy atom. The Hall–Kier alpha value is -3.54. The molecule has 3 aromatic rings. The van der Waals surface area contributed by atoms with Crippen LogP contribution in [0.1, 0.15) is 5.56 Å². The van der Waals surface area contributed by atoms with E-state index in [4.69, 9.17) is 4.74 Å². The van der Waals surface area contributed by atoms with Gasteiger partial charge in [0, 0.05) is 25.0 Å². The predicted molar refractivity (Wildman–Crippen MR) is 108 cm³/mol. The highest BCUT2D eigenvalue weighted by Crippen LogP contribution is 2.37. The summed E-state index contributed by atoms with van der Waals surface area (Å²) in [6.45, 7) is 1.84. The van der Waals surface area contributed by atoms with Crippen LogP contribution in [0.2, 0.25) is 0 Å². The first-order valence-electron chi connectivity index (χ1n) is 8.94. The molecule has 0 radical (unpaired) electrons. The molecule has 0 unspecified atom stereocenters. The Morgan fingerprint density at radius 2 is 1.69 bits per heavy atom. The van der Waals surface area contributed by atoms with Crippen LogP contribution in [0.15, 0.2) is 71.9 Å². The fourth-order valence-electron chi connectivity index (χ4n) is 3.16. The van der Waals surface area contributed by atoms with E-state index in [1.54, 1.807) is 31.3 Å². The van der Waals surface area contributed by atoms with Crippen molar-refractivity contribution >= 4 is 17.3 Å². The zero-order chi connectivity index (χ0) is 20.5. The highest BCUT2D eigenvalue weighted by Gasteiger charge is 2.22. The summed E-state index contributed by atoms with van der Waals surface area (Å²) in [4.78, 5) is 5.26. The van der Waals surface area contributed by atoms with Crippen molar-refractivity contribution in [1.29, 1.82) is 0 Å². The quantitative estimate of drug-likeness (QED) is 0.530. The second-order valence-corrected chi connectivity index (χ2v) is 6.66. The molecule has 0 aliphatic carbocycles. The summed E-state index contributed by atoms with van der Waals surface area (Å²) < 4.78 is 48.6. The van der Waals surface area contributed by atoms with Crippen LogP contribution >= 0.6 is 0 Å². The van der Waals surface area contributed by atoms with E-state index in [-0.39, 0.29) is 23.2 Å². The van der Waals surface area contributed by atoms with Crippen LogP contribution in [-0.4, -0.2) is 12.9 Å². The third-order valence-corrected chi connectivity index (χ3v) is 4.73. The van der Waals surface area contributed by atoms with Crippen LogP contribution in [0, 0.1) is 24.4 Å². The fraction of sp³-hybridized carbons (Fsp3) is 0.0870. The minimum atomic E-state index is -0.828. The molecule has 29 heavy (non-hydrogen) atoms. The van der Waals surface area contributed by atoms with Gasteiger partial charge < -0.3 is 9.64 Å². The summed E-state index contributed by atoms with van der Waals surface area (Å²) >= 11 is 0. The smallest absolute Gasteiger partial charge is 0.220 e. The van der Waals surface area contributed by atoms with E-state index < -0.39 is 11.6 Å². The molecule has 3 aromatic carbocycles. The zero-order valence-corrected chi connectivity index (χ0v) is 15.8. The van der Waals surface area contributed by atoms with Gasteiger partial charge in [0.15, 0.2) is 11.6 Å². The largest absolute Gasteiger partial charge is 0.436 e. The standard InChI is InChI=1S/C23H17F3N2O/c1-14-6-7-16(15-4-3-5-17(24)12-15)13-19(14)28(2)23-18(25)8-9-20(22(23)26)29-21-10-11-27-21/h3-13H,1-2H3. The predicted octanol–water partition coefficient (Wildman–Crippen LogP) is 6.15. The number of aryl methyl sites for hydroxylation is 1. The van der Waals surface area contributed by atoms with Gasteiger partial charge in [-0.15, -0.1) is 0 Å². The number of aliphatic imine (C=N–C) groups is 1. The van der Waals surface area contributed by atoms with Gasteiger partial charge in [0.05, 0.1) is 0 Å². The first-order valence-corrected chi connectivity index (χ1v) is 8.94. The van der Waals surface area contributed by atoms with Gasteiger partial charge in [-0.1, -0.05) is 24.3 Å². The minimum Gasteiger partial charge on any atom is -0.436 e. The normalized spacial score (nSPS) is 12.4. The minimum absolute atomic E-state index is 0.115. The Morgan fingerprint density at radius 1 is 0.931 bits per heavy atom. The van der Waals surface area contributed by atoms with E-state index in [0.717, 1.165) is 17.2 Å². The zero-order valence-electron chi connectivity index (χ0n) is 15.8. The molecule has 6 heteroatoms. The van der Waals surface area contributed by atoms with Crippen molar-refractivity contribution in [2.24, 2.45) is 4.99 Å². The van der Waals surface area contributed by atoms with Crippen molar-refractivity contribution in [3.8, 4) is 16.9 Å². The maximum Gasteiger partial charge on any atom is 0.220 e. The fourth-order valence-corrected chi connectivity index (χ4v) is 3.16. The first-order chi connectivity index (χ1) is 13.9. The van der Waals surface area contributed by atoms with Crippen molar-refractivity contribution in [2.75, 3.05) is 11.9 Å². The molecule has 0 bridgehead atoms. The molecule has 1 aliphatic rings. The van der Waals surface area contributed by atoms with Gasteiger partial charge in [0.1, 0.15) is 17.3 Å². The second-order valence-electron chi connectivity index (χ2n) is 6.66. The number of nitrogens with zero attached hydrogens (tertiary/aromatic N) is 2. The van der Waals surface area contributed by atoms with Crippen molar-refractivity contribution < 1.29 is 17.9 Å². The summed E-state index contributed by atoms with van der Waals surface area (Å²) in [5.41, 5.74) is 2.56. The van der Waals surface area contributed by atoms with Crippen molar-refractivity contribution in [3.05, 3.63) is 89.9 Å². The lowest BCUT2D eigenvalue weighted by molar-refractivity contribution is 0.484. The van der Waals surface area contributed by atoms with Crippen LogP contribution in [0.4, 0.5) is 24.5 Å². The van der Waals surface area contributed by atoms with E-state index in [0.29, 0.717) is 11.3 Å². The van der Waals surface area contributed by atoms with Gasteiger partial charge in [0.25, 0.3) is 0 Å². The van der Waals surface area contributed by atoms with Gasteiger partial charge in [-0.25, -0.2) is 18.2 Å². The van der Waals surface area contributed by atoms with E-state index in [9.17, 15) is 8.78 Å². The molecule has 0 aromatic heterocycles. The Balaban J connectivity index is 1.75. The molecular weight excluding hydrogens is 377 g/mol. The summed E-state index contributed by atoms with van der Waals surface area (Å²) in [6.07, 6.45) is 3.10. The summed E-state index contributed by atoms with van der Waals surface area (Å²) in [6, 6.07) is 14.0. The lowest BCUT2D eigenvalue weighted by Gasteiger charge is -2.24. The van der Waals surface area contributed by atoms with Crippen LogP contribution in [0.5, 0.6) is 5.75 Å². The van der Waals surface area contributed by atoms with Gasteiger partial charge in [0.2, 0.25) is 5.90 Å². The number of benzene rings is 3. The number of ether oxygens (including phenoxy) is 1. The molecular formula is C23H17F3N2O. The van der Waals surface area contributed by atoms with E-state index >= 15 is 4.39 Å². The molecule has 1 aliphatic heterocycles. The molecule has 3 nitrogen and oxygen atoms in total. The number of anilines is 2. The van der Waals surface area contributed by atoms with Crippen molar-refractivity contribution in [3.63, 3.8) is 0 Å². The van der Waals surface area contributed by atoms with Gasteiger partial charge in [-0.05, 0) is 53.9 Å². The number of hydrogen-bond donors (Lipinski definition) is 0. The highest BCUT2D eigenvalue weighted by molar-refractivity contribution is 5.94. The molecule has 0 N–H and O–H groups in total. The third-order valence-electron chi connectivity index (χ3n) is 4.73. The number of hydrogen-bond acceptors (Lipinski definition) is 3. The van der Waals surface area contributed by atoms with Gasteiger partial charge in [-0.3, -0.25) is 0 Å². The molecule has 0 spiro atoms. The van der Waals surface area contributed by atoms with Gasteiger partial charge >= 0.3 is 0 Å². The van der Waals surface area contributed by atoms with Crippen LogP contribution in [-0.2, 0) is 0 Å². The Kier molecular flexibility index (Phi) is 4.84. The molecule has 0 saturated carbocycles. The topological polar surface area (TPSA) is 24.8 Å². The van der Waals surface area contributed by atoms with Crippen LogP contribution in [0.25, 0.3) is 11.1 Å². The molecule has 4 rings (SSSR count). The Bertz CT molecular complexity index is 1150. The molecule has 146 valence electrons. The van der Waals surface area contributed by atoms with Crippen molar-refractivity contribution in [2.45, 2.75) is 6.92 Å². The summed E-state index contributed by atoms with van der Waals surface area (Å²) in [7, 11) is 1.57. The summed E-state index contributed by atoms with van der Waals surface area (Å²) in [5, 5.41) is 0. The number of rotatable bonds is 4. The maximum absolute atomic E-state index is 15.1. The molecule has 0 atom stereocenters. The molecule has 0 fully saturated rings. The molecule has 1 heterocycles. The van der Waals surface area contributed by atoms with E-state index in [1.807, 2.05) is 19.1 Å². The lowest BCUT2D eigenvalue weighted by Crippen LogP contribution is -2.16. The maximum atomic E-state index is 15.1. The van der Waals surface area contributed by atoms with Crippen LogP contribution in [0.3, 0.4) is 0 Å². The SMILES string of the molecule is Cc1ccc(-c2cccc(F)c2)cc1N(C)c1c(F)ccc(OC2=NC=C2)c1F. The second kappa shape index (κ2) is 7.47. The average Bonchev–Trinajstić information content (AvgIpc) is 2.66. The Labute approximate surface area is 166 Å². The highest BCUT2D eigenvalue weighted by atomic mass is 19.1. The lowest BCUT2D eigenvalue weighted by atomic mass is 10.0. The van der Waals surface area contributed by atoms with E-state index in [1.165, 1.54) is 29.3 Å². The van der Waals surface area contributed by atoms with E-state index in [2.05, 4.69) is 4.99 Å². The average molecular weight is 394 g/mol. The van der Waals surface area contributed by atoms with Crippen LogP contribution < -0.4 is 9.64 Å². The van der Waals surface area contributed by atoms with Crippen molar-refractivity contribution in [1.82, 2.24) is 0 Å². The monoisotopic (exact) mass is 394 g/mol. The third kappa shape index (κ3) is 3.61.